The van der Waals surface area contributed by atoms with E-state index in [1.165, 1.54) is 11.6 Å². The van der Waals surface area contributed by atoms with Crippen LogP contribution < -0.4 is 4.74 Å². The Kier molecular flexibility index (Phi) is 9.35. The van der Waals surface area contributed by atoms with Crippen molar-refractivity contribution < 1.29 is 28.5 Å². The molecule has 3 aliphatic rings. The Bertz CT molecular complexity index is 992. The topological polar surface area (TPSA) is 73.1 Å². The second-order valence-corrected chi connectivity index (χ2v) is 11.1. The van der Waals surface area contributed by atoms with Gasteiger partial charge in [-0.3, -0.25) is 0 Å². The Morgan fingerprint density at radius 3 is 2.50 bits per heavy atom. The lowest BCUT2D eigenvalue weighted by Crippen LogP contribution is -2.55. The van der Waals surface area contributed by atoms with E-state index in [2.05, 4.69) is 45.6 Å². The zero-order valence-corrected chi connectivity index (χ0v) is 23.9. The van der Waals surface area contributed by atoms with Crippen molar-refractivity contribution in [1.29, 1.82) is 0 Å². The molecule has 0 aromatic heterocycles. The molecular weight excluding hydrogens is 482 g/mol. The predicted octanol–water partition coefficient (Wildman–Crippen LogP) is 5.04. The number of epoxide rings is 2. The molecule has 2 saturated heterocycles. The summed E-state index contributed by atoms with van der Waals surface area (Å²) in [5.41, 5.74) is 1.61. The van der Waals surface area contributed by atoms with Gasteiger partial charge < -0.3 is 28.6 Å². The molecule has 6 unspecified atom stereocenters. The number of esters is 1. The molecule has 1 aromatic rings. The Hall–Kier alpha value is -2.19. The fourth-order valence-electron chi connectivity index (χ4n) is 5.93. The molecule has 7 nitrogen and oxygen atoms in total. The molecule has 1 saturated carbocycles. The number of benzene rings is 1. The third-order valence-corrected chi connectivity index (χ3v) is 8.37. The van der Waals surface area contributed by atoms with Crippen LogP contribution in [-0.2, 0) is 23.7 Å². The number of rotatable bonds is 13. The molecule has 1 aliphatic carbocycles. The van der Waals surface area contributed by atoms with Crippen LogP contribution in [0.2, 0.25) is 0 Å². The van der Waals surface area contributed by atoms with Crippen molar-refractivity contribution in [3.05, 3.63) is 47.6 Å². The zero-order chi connectivity index (χ0) is 27.3. The molecule has 0 bridgehead atoms. The molecular formula is C31H45NO6. The summed E-state index contributed by atoms with van der Waals surface area (Å²) in [7, 11) is 1.69. The van der Waals surface area contributed by atoms with Gasteiger partial charge >= 0.3 is 5.97 Å². The number of hydrogen-bond acceptors (Lipinski definition) is 7. The summed E-state index contributed by atoms with van der Waals surface area (Å²) in [5.74, 6) is 0.467. The summed E-state index contributed by atoms with van der Waals surface area (Å²) in [6, 6.07) is 7.74. The summed E-state index contributed by atoms with van der Waals surface area (Å²) in [4.78, 5) is 15.1. The summed E-state index contributed by atoms with van der Waals surface area (Å²) in [5, 5.41) is 0. The number of ether oxygens (including phenoxy) is 5. The molecule has 210 valence electrons. The Balaban J connectivity index is 1.32. The summed E-state index contributed by atoms with van der Waals surface area (Å²) in [6.07, 6.45) is 7.40. The monoisotopic (exact) mass is 527 g/mol. The largest absolute Gasteiger partial charge is 0.492 e. The van der Waals surface area contributed by atoms with Crippen LogP contribution in [0.25, 0.3) is 6.08 Å². The number of hydrogen-bond donors (Lipinski definition) is 0. The van der Waals surface area contributed by atoms with Gasteiger partial charge in [0.25, 0.3) is 0 Å². The van der Waals surface area contributed by atoms with Gasteiger partial charge in [-0.1, -0.05) is 37.6 Å². The molecule has 0 amide bonds. The highest BCUT2D eigenvalue weighted by Gasteiger charge is 2.72. The van der Waals surface area contributed by atoms with Crippen LogP contribution in [0.3, 0.4) is 0 Å². The SMILES string of the molecule is CCN(CC)CCOc1ccc(C=CC(=O)OC2CCC3(CO3)C(C3(C)OC3CC=C(C)C)C2OC)cc1. The first-order valence-corrected chi connectivity index (χ1v) is 14.1. The van der Waals surface area contributed by atoms with Crippen molar-refractivity contribution in [2.45, 2.75) is 83.4 Å². The van der Waals surface area contributed by atoms with Gasteiger partial charge in [-0.15, -0.1) is 0 Å². The van der Waals surface area contributed by atoms with Gasteiger partial charge in [-0.2, -0.15) is 0 Å². The van der Waals surface area contributed by atoms with E-state index in [9.17, 15) is 4.79 Å². The van der Waals surface area contributed by atoms with Crippen molar-refractivity contribution in [1.82, 2.24) is 4.90 Å². The first-order chi connectivity index (χ1) is 18.2. The normalized spacial score (nSPS) is 32.0. The number of allylic oxidation sites excluding steroid dienone is 1. The molecule has 0 radical (unpaired) electrons. The molecule has 38 heavy (non-hydrogen) atoms. The van der Waals surface area contributed by atoms with Gasteiger partial charge in [0.2, 0.25) is 0 Å². The number of nitrogens with zero attached hydrogens (tertiary/aromatic N) is 1. The molecule has 2 heterocycles. The molecule has 7 heteroatoms. The maximum atomic E-state index is 12.8. The molecule has 4 rings (SSSR count). The van der Waals surface area contributed by atoms with Crippen LogP contribution in [0.4, 0.5) is 0 Å². The lowest BCUT2D eigenvalue weighted by molar-refractivity contribution is -0.166. The third kappa shape index (κ3) is 6.68. The highest BCUT2D eigenvalue weighted by Crippen LogP contribution is 2.59. The summed E-state index contributed by atoms with van der Waals surface area (Å²) < 4.78 is 30.0. The van der Waals surface area contributed by atoms with Gasteiger partial charge in [0.05, 0.1) is 18.6 Å². The fourth-order valence-corrected chi connectivity index (χ4v) is 5.93. The van der Waals surface area contributed by atoms with E-state index < -0.39 is 0 Å². The van der Waals surface area contributed by atoms with Crippen molar-refractivity contribution in [2.24, 2.45) is 5.92 Å². The van der Waals surface area contributed by atoms with Crippen LogP contribution in [0, 0.1) is 5.92 Å². The van der Waals surface area contributed by atoms with Gasteiger partial charge in [0.15, 0.2) is 0 Å². The molecule has 3 fully saturated rings. The van der Waals surface area contributed by atoms with E-state index in [-0.39, 0.29) is 41.4 Å². The quantitative estimate of drug-likeness (QED) is 0.154. The highest BCUT2D eigenvalue weighted by molar-refractivity contribution is 5.87. The average Bonchev–Trinajstić information content (AvgIpc) is 3.82. The fraction of sp³-hybridized carbons (Fsp3) is 0.645. The van der Waals surface area contributed by atoms with Crippen molar-refractivity contribution in [3.63, 3.8) is 0 Å². The van der Waals surface area contributed by atoms with Crippen LogP contribution in [0.15, 0.2) is 42.0 Å². The first kappa shape index (κ1) is 28.8. The third-order valence-electron chi connectivity index (χ3n) is 8.37. The van der Waals surface area contributed by atoms with E-state index >= 15 is 0 Å². The van der Waals surface area contributed by atoms with E-state index in [1.54, 1.807) is 13.2 Å². The van der Waals surface area contributed by atoms with Gasteiger partial charge in [-0.05, 0) is 76.9 Å². The summed E-state index contributed by atoms with van der Waals surface area (Å²) in [6.45, 7) is 15.0. The predicted molar refractivity (Wildman–Crippen MR) is 148 cm³/mol. The van der Waals surface area contributed by atoms with Gasteiger partial charge in [0, 0.05) is 19.7 Å². The average molecular weight is 528 g/mol. The van der Waals surface area contributed by atoms with Crippen molar-refractivity contribution in [2.75, 3.05) is 40.0 Å². The Morgan fingerprint density at radius 2 is 1.89 bits per heavy atom. The Morgan fingerprint density at radius 1 is 1.18 bits per heavy atom. The number of carbonyl (C=O) groups is 1. The lowest BCUT2D eigenvalue weighted by atomic mass is 9.68. The van der Waals surface area contributed by atoms with E-state index in [1.807, 2.05) is 24.3 Å². The minimum atomic E-state index is -0.369. The first-order valence-electron chi connectivity index (χ1n) is 14.1. The standard InChI is InChI=1S/C31H45NO6/c1-7-32(8-2)19-20-35-24-13-10-23(11-14-24)12-16-27(33)37-25-17-18-31(21-36-31)29(28(25)34-6)30(5)26(38-30)15-9-22(3)4/h9-14,16,25-26,28-29H,7-8,15,17-21H2,1-6H3. The maximum absolute atomic E-state index is 12.8. The van der Waals surface area contributed by atoms with Gasteiger partial charge in [-0.25, -0.2) is 4.79 Å². The Labute approximate surface area is 228 Å². The van der Waals surface area contributed by atoms with E-state index in [0.29, 0.717) is 19.6 Å². The zero-order valence-electron chi connectivity index (χ0n) is 23.9. The summed E-state index contributed by atoms with van der Waals surface area (Å²) >= 11 is 0. The second-order valence-electron chi connectivity index (χ2n) is 11.1. The maximum Gasteiger partial charge on any atom is 0.331 e. The van der Waals surface area contributed by atoms with Crippen LogP contribution in [0.1, 0.15) is 59.4 Å². The molecule has 6 atom stereocenters. The van der Waals surface area contributed by atoms with Crippen LogP contribution in [-0.4, -0.2) is 80.3 Å². The number of likely N-dealkylation sites (N-methyl/N-ethyl adjacent to an activating group) is 1. The molecule has 1 aromatic carbocycles. The van der Waals surface area contributed by atoms with E-state index in [4.69, 9.17) is 23.7 Å². The molecule has 0 N–H and O–H groups in total. The molecule has 2 aliphatic heterocycles. The highest BCUT2D eigenvalue weighted by atomic mass is 16.6. The minimum Gasteiger partial charge on any atom is -0.492 e. The van der Waals surface area contributed by atoms with Gasteiger partial charge in [0.1, 0.15) is 35.8 Å². The van der Waals surface area contributed by atoms with Crippen molar-refractivity contribution >= 4 is 12.0 Å². The number of carbonyl (C=O) groups excluding carboxylic acids is 1. The van der Waals surface area contributed by atoms with Crippen LogP contribution >= 0.6 is 0 Å². The van der Waals surface area contributed by atoms with Crippen LogP contribution in [0.5, 0.6) is 5.75 Å². The molecule has 1 spiro atoms. The smallest absolute Gasteiger partial charge is 0.331 e. The number of methoxy groups -OCH3 is 1. The van der Waals surface area contributed by atoms with Crippen molar-refractivity contribution in [3.8, 4) is 5.75 Å². The minimum absolute atomic E-state index is 0.0142. The lowest BCUT2D eigenvalue weighted by Gasteiger charge is -2.42. The second kappa shape index (κ2) is 12.3. The van der Waals surface area contributed by atoms with E-state index in [0.717, 1.165) is 43.8 Å².